The summed E-state index contributed by atoms with van der Waals surface area (Å²) in [7, 11) is -3.75. The fraction of sp³-hybridized carbons (Fsp3) is 0.167. The number of carbonyl (C=O) groups is 1. The minimum Gasteiger partial charge on any atom is -0.482 e. The lowest BCUT2D eigenvalue weighted by atomic mass is 10.2. The van der Waals surface area contributed by atoms with E-state index in [1.54, 1.807) is 19.1 Å². The van der Waals surface area contributed by atoms with Crippen molar-refractivity contribution in [2.45, 2.75) is 11.9 Å². The molecule has 0 saturated carbocycles. The number of ether oxygens (including phenoxy) is 1. The van der Waals surface area contributed by atoms with Crippen LogP contribution in [0.25, 0.3) is 0 Å². The lowest BCUT2D eigenvalue weighted by Crippen LogP contribution is -2.25. The van der Waals surface area contributed by atoms with Crippen LogP contribution >= 0.6 is 0 Å². The Bertz CT molecular complexity index is 812. The molecule has 0 fully saturated rings. The molecule has 3 rings (SSSR count). The number of amides is 1. The van der Waals surface area contributed by atoms with E-state index in [9.17, 15) is 13.2 Å². The molecule has 1 aromatic carbocycles. The maximum Gasteiger partial charge on any atom is 0.278 e. The molecule has 3 N–H and O–H groups in total. The van der Waals surface area contributed by atoms with Crippen LogP contribution < -0.4 is 14.8 Å². The number of imidazole rings is 1. The van der Waals surface area contributed by atoms with Gasteiger partial charge in [0.25, 0.3) is 15.9 Å². The van der Waals surface area contributed by atoms with Gasteiger partial charge in [0.15, 0.2) is 11.6 Å². The van der Waals surface area contributed by atoms with Gasteiger partial charge in [0.05, 0.1) is 17.6 Å². The molecule has 1 aliphatic heterocycles. The molecule has 0 atom stereocenters. The van der Waals surface area contributed by atoms with Crippen molar-refractivity contribution < 1.29 is 17.9 Å². The van der Waals surface area contributed by atoms with E-state index in [0.29, 0.717) is 22.9 Å². The Kier molecular flexibility index (Phi) is 3.05. The van der Waals surface area contributed by atoms with Crippen LogP contribution in [0.1, 0.15) is 5.82 Å². The Balaban J connectivity index is 1.88. The number of fused-ring (bicyclic) bond motifs is 1. The summed E-state index contributed by atoms with van der Waals surface area (Å²) < 4.78 is 31.9. The second kappa shape index (κ2) is 4.77. The Hall–Kier alpha value is -2.55. The van der Waals surface area contributed by atoms with Crippen LogP contribution in [0.15, 0.2) is 29.4 Å². The van der Waals surface area contributed by atoms with Gasteiger partial charge >= 0.3 is 0 Å². The summed E-state index contributed by atoms with van der Waals surface area (Å²) in [5.74, 6) is 0.711. The van der Waals surface area contributed by atoms with Crippen molar-refractivity contribution >= 4 is 27.3 Å². The number of rotatable bonds is 3. The predicted octanol–water partition coefficient (Wildman–Crippen LogP) is 0.850. The molecule has 9 heteroatoms. The van der Waals surface area contributed by atoms with Gasteiger partial charge in [0, 0.05) is 0 Å². The van der Waals surface area contributed by atoms with Gasteiger partial charge in [0.1, 0.15) is 11.6 Å². The molecule has 0 bridgehead atoms. The number of carbonyl (C=O) groups excluding carboxylic acids is 1. The first-order valence-electron chi connectivity index (χ1n) is 6.05. The van der Waals surface area contributed by atoms with E-state index in [-0.39, 0.29) is 17.5 Å². The van der Waals surface area contributed by atoms with E-state index < -0.39 is 10.0 Å². The third-order valence-electron chi connectivity index (χ3n) is 2.83. The highest BCUT2D eigenvalue weighted by atomic mass is 32.2. The highest BCUT2D eigenvalue weighted by molar-refractivity contribution is 7.92. The van der Waals surface area contributed by atoms with Crippen LogP contribution in [0.5, 0.6) is 5.75 Å². The molecule has 2 aromatic rings. The highest BCUT2D eigenvalue weighted by Gasteiger charge is 2.20. The average Bonchev–Trinajstić information content (AvgIpc) is 2.85. The molecule has 0 spiro atoms. The van der Waals surface area contributed by atoms with Gasteiger partial charge in [-0.05, 0) is 25.1 Å². The molecule has 8 nitrogen and oxygen atoms in total. The minimum atomic E-state index is -3.75. The Morgan fingerprint density at radius 2 is 2.19 bits per heavy atom. The highest BCUT2D eigenvalue weighted by Crippen LogP contribution is 2.31. The van der Waals surface area contributed by atoms with E-state index in [4.69, 9.17) is 4.74 Å². The summed E-state index contributed by atoms with van der Waals surface area (Å²) in [6.45, 7) is 1.61. The Morgan fingerprint density at radius 1 is 1.38 bits per heavy atom. The largest absolute Gasteiger partial charge is 0.482 e. The van der Waals surface area contributed by atoms with Crippen molar-refractivity contribution in [1.82, 2.24) is 9.97 Å². The standard InChI is InChI=1S/C12H12N4O4S/c1-7-13-5-12(14-7)21(18,19)16-8-2-3-10-9(4-8)15-11(17)6-20-10/h2-5,16H,6H2,1H3,(H,13,14)(H,15,17). The van der Waals surface area contributed by atoms with Crippen LogP contribution in [0.4, 0.5) is 11.4 Å². The van der Waals surface area contributed by atoms with Crippen molar-refractivity contribution in [1.29, 1.82) is 0 Å². The molecule has 0 saturated heterocycles. The van der Waals surface area contributed by atoms with E-state index in [1.165, 1.54) is 12.3 Å². The summed E-state index contributed by atoms with van der Waals surface area (Å²) in [6.07, 6.45) is 1.24. The molecule has 110 valence electrons. The lowest BCUT2D eigenvalue weighted by molar-refractivity contribution is -0.118. The monoisotopic (exact) mass is 308 g/mol. The Labute approximate surface area is 120 Å². The molecular weight excluding hydrogens is 296 g/mol. The number of nitrogens with one attached hydrogen (secondary N) is 3. The first kappa shape index (κ1) is 13.4. The van der Waals surface area contributed by atoms with Gasteiger partial charge in [-0.25, -0.2) is 4.98 Å². The second-order valence-corrected chi connectivity index (χ2v) is 6.14. The number of aryl methyl sites for hydroxylation is 1. The first-order chi connectivity index (χ1) is 9.94. The molecule has 0 radical (unpaired) electrons. The quantitative estimate of drug-likeness (QED) is 0.778. The number of hydrogen-bond acceptors (Lipinski definition) is 5. The van der Waals surface area contributed by atoms with Crippen LogP contribution in [0, 0.1) is 6.92 Å². The maximum atomic E-state index is 12.1. The smallest absolute Gasteiger partial charge is 0.278 e. The molecule has 1 aliphatic rings. The summed E-state index contributed by atoms with van der Waals surface area (Å²) in [5.41, 5.74) is 0.735. The topological polar surface area (TPSA) is 113 Å². The minimum absolute atomic E-state index is 0.0296. The molecule has 2 heterocycles. The first-order valence-corrected chi connectivity index (χ1v) is 7.53. The predicted molar refractivity (Wildman–Crippen MR) is 74.7 cm³/mol. The van der Waals surface area contributed by atoms with Gasteiger partial charge in [0.2, 0.25) is 0 Å². The summed E-state index contributed by atoms with van der Waals surface area (Å²) in [4.78, 5) is 17.8. The third-order valence-corrected chi connectivity index (χ3v) is 4.12. The summed E-state index contributed by atoms with van der Waals surface area (Å²) >= 11 is 0. The number of aromatic amines is 1. The van der Waals surface area contributed by atoms with Gasteiger partial charge in [-0.1, -0.05) is 0 Å². The van der Waals surface area contributed by atoms with Crippen LogP contribution in [0.3, 0.4) is 0 Å². The maximum absolute atomic E-state index is 12.1. The van der Waals surface area contributed by atoms with Crippen molar-refractivity contribution in [3.63, 3.8) is 0 Å². The molecule has 1 aromatic heterocycles. The van der Waals surface area contributed by atoms with Gasteiger partial charge in [-0.2, -0.15) is 8.42 Å². The molecule has 21 heavy (non-hydrogen) atoms. The number of hydrogen-bond donors (Lipinski definition) is 3. The summed E-state index contributed by atoms with van der Waals surface area (Å²) in [6, 6.07) is 4.63. The van der Waals surface area contributed by atoms with Gasteiger partial charge < -0.3 is 15.0 Å². The zero-order chi connectivity index (χ0) is 15.0. The number of aromatic nitrogens is 2. The van der Waals surface area contributed by atoms with E-state index in [2.05, 4.69) is 20.0 Å². The normalized spacial score (nSPS) is 14.0. The third kappa shape index (κ3) is 2.68. The lowest BCUT2D eigenvalue weighted by Gasteiger charge is -2.18. The van der Waals surface area contributed by atoms with Crippen molar-refractivity contribution in [2.75, 3.05) is 16.6 Å². The fourth-order valence-corrected chi connectivity index (χ4v) is 2.91. The van der Waals surface area contributed by atoms with Crippen molar-refractivity contribution in [2.24, 2.45) is 0 Å². The van der Waals surface area contributed by atoms with E-state index in [1.807, 2.05) is 0 Å². The molecule has 1 amide bonds. The number of benzene rings is 1. The van der Waals surface area contributed by atoms with Crippen LogP contribution in [0.2, 0.25) is 0 Å². The second-order valence-electron chi connectivity index (χ2n) is 4.49. The zero-order valence-corrected chi connectivity index (χ0v) is 11.8. The van der Waals surface area contributed by atoms with Gasteiger partial charge in [-0.3, -0.25) is 9.52 Å². The average molecular weight is 308 g/mol. The molecular formula is C12H12N4O4S. The SMILES string of the molecule is Cc1ncc(S(=O)(=O)Nc2ccc3c(c2)NC(=O)CO3)[nH]1. The van der Waals surface area contributed by atoms with E-state index in [0.717, 1.165) is 0 Å². The van der Waals surface area contributed by atoms with Crippen molar-refractivity contribution in [3.05, 3.63) is 30.2 Å². The van der Waals surface area contributed by atoms with Crippen LogP contribution in [-0.2, 0) is 14.8 Å². The number of nitrogens with zero attached hydrogens (tertiary/aromatic N) is 1. The zero-order valence-electron chi connectivity index (χ0n) is 11.0. The summed E-state index contributed by atoms with van der Waals surface area (Å²) in [5, 5.41) is 2.58. The van der Waals surface area contributed by atoms with Crippen LogP contribution in [-0.4, -0.2) is 30.9 Å². The number of H-pyrrole nitrogens is 1. The Morgan fingerprint density at radius 3 is 2.90 bits per heavy atom. The molecule has 0 unspecified atom stereocenters. The van der Waals surface area contributed by atoms with Gasteiger partial charge in [-0.15, -0.1) is 0 Å². The number of anilines is 2. The van der Waals surface area contributed by atoms with E-state index >= 15 is 0 Å². The number of sulfonamides is 1. The van der Waals surface area contributed by atoms with Crippen molar-refractivity contribution in [3.8, 4) is 5.75 Å². The molecule has 0 aliphatic carbocycles. The fourth-order valence-electron chi connectivity index (χ4n) is 1.89.